The van der Waals surface area contributed by atoms with Crippen LogP contribution in [0.4, 0.5) is 0 Å². The number of fused-ring (bicyclic) bond motifs is 1. The van der Waals surface area contributed by atoms with Gasteiger partial charge in [-0.05, 0) is 24.1 Å². The monoisotopic (exact) mass is 302 g/mol. The lowest BCUT2D eigenvalue weighted by molar-refractivity contribution is 0.256. The van der Waals surface area contributed by atoms with Gasteiger partial charge in [-0.25, -0.2) is 0 Å². The molecular formula is C17H18O5. The van der Waals surface area contributed by atoms with Crippen LogP contribution in [0, 0.1) is 0 Å². The Hall–Kier alpha value is -2.56. The maximum absolute atomic E-state index is 10.4. The number of phenolic OH excluding ortho intramolecular Hbond substituents is 2. The molecule has 2 aromatic carbocycles. The highest BCUT2D eigenvalue weighted by molar-refractivity contribution is 5.56. The van der Waals surface area contributed by atoms with E-state index < -0.39 is 0 Å². The molecule has 3 rings (SSSR count). The van der Waals surface area contributed by atoms with Crippen LogP contribution >= 0.6 is 0 Å². The number of hydrogen-bond acceptors (Lipinski definition) is 5. The van der Waals surface area contributed by atoms with E-state index in [1.165, 1.54) is 14.2 Å². The Morgan fingerprint density at radius 2 is 1.91 bits per heavy atom. The summed E-state index contributed by atoms with van der Waals surface area (Å²) in [4.78, 5) is 0. The number of rotatable bonds is 3. The fourth-order valence-electron chi connectivity index (χ4n) is 2.82. The minimum atomic E-state index is 0.0110. The van der Waals surface area contributed by atoms with Gasteiger partial charge in [0.2, 0.25) is 5.75 Å². The molecule has 0 unspecified atom stereocenters. The second-order valence-corrected chi connectivity index (χ2v) is 5.24. The van der Waals surface area contributed by atoms with Gasteiger partial charge in [0, 0.05) is 17.5 Å². The summed E-state index contributed by atoms with van der Waals surface area (Å²) < 4.78 is 16.1. The predicted molar refractivity (Wildman–Crippen MR) is 81.3 cm³/mol. The molecule has 22 heavy (non-hydrogen) atoms. The predicted octanol–water partition coefficient (Wildman–Crippen LogP) is 2.83. The third kappa shape index (κ3) is 2.39. The number of hydrogen-bond donors (Lipinski definition) is 2. The zero-order chi connectivity index (χ0) is 15.7. The van der Waals surface area contributed by atoms with Gasteiger partial charge in [-0.2, -0.15) is 0 Å². The lowest BCUT2D eigenvalue weighted by Gasteiger charge is -2.27. The summed E-state index contributed by atoms with van der Waals surface area (Å²) in [6.07, 6.45) is 0.721. The van der Waals surface area contributed by atoms with E-state index in [-0.39, 0.29) is 17.4 Å². The van der Waals surface area contributed by atoms with Crippen molar-refractivity contribution in [1.29, 1.82) is 0 Å². The maximum atomic E-state index is 10.4. The van der Waals surface area contributed by atoms with Crippen LogP contribution in [-0.4, -0.2) is 31.0 Å². The molecule has 0 amide bonds. The van der Waals surface area contributed by atoms with Crippen LogP contribution in [0.15, 0.2) is 30.3 Å². The fraction of sp³-hybridized carbons (Fsp3) is 0.294. The normalized spacial score (nSPS) is 16.5. The highest BCUT2D eigenvalue weighted by Crippen LogP contribution is 2.44. The minimum absolute atomic E-state index is 0.0110. The smallest absolute Gasteiger partial charge is 0.203 e. The summed E-state index contributed by atoms with van der Waals surface area (Å²) in [5.74, 6) is 1.79. The Morgan fingerprint density at radius 1 is 1.09 bits per heavy atom. The van der Waals surface area contributed by atoms with Crippen molar-refractivity contribution < 1.29 is 24.4 Å². The van der Waals surface area contributed by atoms with Crippen molar-refractivity contribution in [2.45, 2.75) is 12.3 Å². The average Bonchev–Trinajstić information content (AvgIpc) is 2.54. The number of phenols is 2. The van der Waals surface area contributed by atoms with Crippen molar-refractivity contribution in [3.63, 3.8) is 0 Å². The minimum Gasteiger partial charge on any atom is -0.508 e. The van der Waals surface area contributed by atoms with Crippen LogP contribution in [-0.2, 0) is 6.42 Å². The van der Waals surface area contributed by atoms with Crippen molar-refractivity contribution in [1.82, 2.24) is 0 Å². The van der Waals surface area contributed by atoms with Crippen LogP contribution < -0.4 is 14.2 Å². The highest BCUT2D eigenvalue weighted by Gasteiger charge is 2.26. The van der Waals surface area contributed by atoms with Gasteiger partial charge in [0.05, 0.1) is 20.8 Å². The van der Waals surface area contributed by atoms with Gasteiger partial charge in [-0.3, -0.25) is 0 Å². The summed E-state index contributed by atoms with van der Waals surface area (Å²) in [5.41, 5.74) is 1.76. The molecule has 0 radical (unpaired) electrons. The average molecular weight is 302 g/mol. The topological polar surface area (TPSA) is 68.2 Å². The molecule has 0 saturated heterocycles. The first-order chi connectivity index (χ1) is 10.6. The Bertz CT molecular complexity index is 696. The second-order valence-electron chi connectivity index (χ2n) is 5.24. The Labute approximate surface area is 128 Å². The van der Waals surface area contributed by atoms with Crippen LogP contribution in [0.2, 0.25) is 0 Å². The van der Waals surface area contributed by atoms with Crippen molar-refractivity contribution >= 4 is 0 Å². The molecule has 0 aliphatic carbocycles. The molecule has 0 aromatic heterocycles. The molecular weight excluding hydrogens is 284 g/mol. The summed E-state index contributed by atoms with van der Waals surface area (Å²) in [5, 5.41) is 19.9. The summed E-state index contributed by atoms with van der Waals surface area (Å²) in [6, 6.07) is 8.70. The molecule has 0 fully saturated rings. The largest absolute Gasteiger partial charge is 0.508 e. The number of benzene rings is 2. The Kier molecular flexibility index (Phi) is 3.71. The zero-order valence-electron chi connectivity index (χ0n) is 12.5. The second kappa shape index (κ2) is 5.67. The molecule has 0 saturated carbocycles. The van der Waals surface area contributed by atoms with Gasteiger partial charge in [0.1, 0.15) is 11.5 Å². The van der Waals surface area contributed by atoms with E-state index >= 15 is 0 Å². The Balaban J connectivity index is 1.94. The van der Waals surface area contributed by atoms with Gasteiger partial charge >= 0.3 is 0 Å². The van der Waals surface area contributed by atoms with Crippen molar-refractivity contribution in [2.75, 3.05) is 20.8 Å². The summed E-state index contributed by atoms with van der Waals surface area (Å²) in [6.45, 7) is 0.430. The molecule has 2 N–H and O–H groups in total. The molecule has 1 heterocycles. The van der Waals surface area contributed by atoms with E-state index in [0.717, 1.165) is 17.5 Å². The third-order valence-electron chi connectivity index (χ3n) is 3.95. The van der Waals surface area contributed by atoms with Gasteiger partial charge in [-0.15, -0.1) is 0 Å². The summed E-state index contributed by atoms with van der Waals surface area (Å²) in [7, 11) is 3.03. The molecule has 0 spiro atoms. The van der Waals surface area contributed by atoms with Gasteiger partial charge in [-0.1, -0.05) is 12.1 Å². The SMILES string of the molecule is COc1ccc([C@H]2COc3cc(O)ccc3C2)c(O)c1OC. The first-order valence-electron chi connectivity index (χ1n) is 7.02. The zero-order valence-corrected chi connectivity index (χ0v) is 12.5. The third-order valence-corrected chi connectivity index (χ3v) is 3.95. The molecule has 0 bridgehead atoms. The first kappa shape index (κ1) is 14.4. The van der Waals surface area contributed by atoms with E-state index in [2.05, 4.69) is 0 Å². The molecule has 2 aromatic rings. The molecule has 5 heteroatoms. The van der Waals surface area contributed by atoms with Gasteiger partial charge in [0.25, 0.3) is 0 Å². The fourth-order valence-corrected chi connectivity index (χ4v) is 2.82. The van der Waals surface area contributed by atoms with Crippen LogP contribution in [0.25, 0.3) is 0 Å². The van der Waals surface area contributed by atoms with E-state index in [0.29, 0.717) is 23.9 Å². The molecule has 1 aliphatic rings. The number of ether oxygens (including phenoxy) is 3. The van der Waals surface area contributed by atoms with E-state index in [4.69, 9.17) is 14.2 Å². The lowest BCUT2D eigenvalue weighted by atomic mass is 9.89. The lowest BCUT2D eigenvalue weighted by Crippen LogP contribution is -2.19. The van der Waals surface area contributed by atoms with Crippen LogP contribution in [0.1, 0.15) is 17.0 Å². The molecule has 5 nitrogen and oxygen atoms in total. The first-order valence-corrected chi connectivity index (χ1v) is 7.02. The number of aromatic hydroxyl groups is 2. The molecule has 1 atom stereocenters. The highest BCUT2D eigenvalue weighted by atomic mass is 16.5. The van der Waals surface area contributed by atoms with Crippen molar-refractivity contribution in [3.05, 3.63) is 41.5 Å². The van der Waals surface area contributed by atoms with Gasteiger partial charge in [0.15, 0.2) is 11.5 Å². The standard InChI is InChI=1S/C17H18O5/c1-20-14-6-5-13(16(19)17(14)21-2)11-7-10-3-4-12(18)8-15(10)22-9-11/h3-6,8,11,18-19H,7,9H2,1-2H3/t11-/m1/s1. The summed E-state index contributed by atoms with van der Waals surface area (Å²) >= 11 is 0. The number of methoxy groups -OCH3 is 2. The van der Waals surface area contributed by atoms with Crippen molar-refractivity contribution in [3.8, 4) is 28.7 Å². The quantitative estimate of drug-likeness (QED) is 0.912. The molecule has 116 valence electrons. The van der Waals surface area contributed by atoms with E-state index in [1.54, 1.807) is 18.2 Å². The van der Waals surface area contributed by atoms with Crippen LogP contribution in [0.3, 0.4) is 0 Å². The van der Waals surface area contributed by atoms with E-state index in [1.807, 2.05) is 12.1 Å². The van der Waals surface area contributed by atoms with Crippen molar-refractivity contribution in [2.24, 2.45) is 0 Å². The van der Waals surface area contributed by atoms with E-state index in [9.17, 15) is 10.2 Å². The molecule has 1 aliphatic heterocycles. The maximum Gasteiger partial charge on any atom is 0.203 e. The van der Waals surface area contributed by atoms with Gasteiger partial charge < -0.3 is 24.4 Å². The Morgan fingerprint density at radius 3 is 2.64 bits per heavy atom. The van der Waals surface area contributed by atoms with Crippen LogP contribution in [0.5, 0.6) is 28.7 Å².